The second kappa shape index (κ2) is 3.56. The summed E-state index contributed by atoms with van der Waals surface area (Å²) in [4.78, 5) is 12.3. The summed E-state index contributed by atoms with van der Waals surface area (Å²) in [5.41, 5.74) is 2.04. The third-order valence-electron chi connectivity index (χ3n) is 3.54. The first-order valence-electron chi connectivity index (χ1n) is 5.80. The molecule has 0 amide bonds. The zero-order chi connectivity index (χ0) is 11.0. The van der Waals surface area contributed by atoms with Crippen molar-refractivity contribution in [3.8, 4) is 0 Å². The molecule has 2 N–H and O–H groups in total. The van der Waals surface area contributed by atoms with Gasteiger partial charge in [-0.05, 0) is 38.1 Å². The van der Waals surface area contributed by atoms with Crippen molar-refractivity contribution in [1.82, 2.24) is 20.3 Å². The highest BCUT2D eigenvalue weighted by molar-refractivity contribution is 5.70. The molecule has 2 aromatic heterocycles. The van der Waals surface area contributed by atoms with E-state index in [2.05, 4.69) is 27.2 Å². The second-order valence-corrected chi connectivity index (χ2v) is 4.77. The van der Waals surface area contributed by atoms with Crippen LogP contribution in [-0.2, 0) is 5.41 Å². The second-order valence-electron chi connectivity index (χ2n) is 4.77. The highest BCUT2D eigenvalue weighted by Crippen LogP contribution is 2.31. The molecule has 1 saturated heterocycles. The molecule has 0 aromatic carbocycles. The van der Waals surface area contributed by atoms with Crippen molar-refractivity contribution in [1.29, 1.82) is 0 Å². The molecule has 0 aliphatic carbocycles. The van der Waals surface area contributed by atoms with Crippen LogP contribution in [0.5, 0.6) is 0 Å². The fraction of sp³-hybridized carbons (Fsp3) is 0.500. The zero-order valence-corrected chi connectivity index (χ0v) is 9.45. The number of H-pyrrole nitrogens is 1. The first kappa shape index (κ1) is 9.78. The van der Waals surface area contributed by atoms with Gasteiger partial charge in [-0.15, -0.1) is 0 Å². The number of nitrogens with one attached hydrogen (secondary N) is 2. The Morgan fingerprint density at radius 3 is 2.88 bits per heavy atom. The SMILES string of the molecule is CC1(c2nc3ncccc3[nH]2)CCNCC1. The Balaban J connectivity index is 2.04. The summed E-state index contributed by atoms with van der Waals surface area (Å²) in [7, 11) is 0. The lowest BCUT2D eigenvalue weighted by molar-refractivity contribution is 0.321. The monoisotopic (exact) mass is 216 g/mol. The Kier molecular flexibility index (Phi) is 2.17. The molecule has 1 aliphatic rings. The van der Waals surface area contributed by atoms with Crippen LogP contribution in [0.15, 0.2) is 18.3 Å². The van der Waals surface area contributed by atoms with Crippen LogP contribution in [0.2, 0.25) is 0 Å². The van der Waals surface area contributed by atoms with E-state index in [1.165, 1.54) is 0 Å². The molecule has 0 bridgehead atoms. The van der Waals surface area contributed by atoms with Gasteiger partial charge in [0.25, 0.3) is 0 Å². The van der Waals surface area contributed by atoms with Crippen molar-refractivity contribution >= 4 is 11.2 Å². The minimum Gasteiger partial charge on any atom is -0.340 e. The van der Waals surface area contributed by atoms with Crippen molar-refractivity contribution < 1.29 is 0 Å². The molecule has 3 heterocycles. The molecule has 84 valence electrons. The molecule has 1 fully saturated rings. The molecule has 0 atom stereocenters. The van der Waals surface area contributed by atoms with E-state index in [1.807, 2.05) is 12.1 Å². The average Bonchev–Trinajstić information content (AvgIpc) is 2.74. The first-order chi connectivity index (χ1) is 7.78. The molecular formula is C12H16N4. The minimum atomic E-state index is 0.173. The maximum Gasteiger partial charge on any atom is 0.177 e. The van der Waals surface area contributed by atoms with Crippen LogP contribution in [0.3, 0.4) is 0 Å². The minimum absolute atomic E-state index is 0.173. The number of hydrogen-bond acceptors (Lipinski definition) is 3. The molecule has 0 spiro atoms. The lowest BCUT2D eigenvalue weighted by atomic mass is 9.80. The molecule has 2 aromatic rings. The molecule has 0 saturated carbocycles. The van der Waals surface area contributed by atoms with Gasteiger partial charge in [0.05, 0.1) is 5.52 Å². The van der Waals surface area contributed by atoms with Crippen LogP contribution < -0.4 is 5.32 Å². The third-order valence-corrected chi connectivity index (χ3v) is 3.54. The highest BCUT2D eigenvalue weighted by Gasteiger charge is 2.31. The molecule has 16 heavy (non-hydrogen) atoms. The molecule has 0 unspecified atom stereocenters. The topological polar surface area (TPSA) is 53.6 Å². The van der Waals surface area contributed by atoms with Gasteiger partial charge in [0, 0.05) is 11.6 Å². The van der Waals surface area contributed by atoms with Crippen molar-refractivity contribution in [2.24, 2.45) is 0 Å². The summed E-state index contributed by atoms with van der Waals surface area (Å²) in [6, 6.07) is 3.97. The summed E-state index contributed by atoms with van der Waals surface area (Å²) in [6.07, 6.45) is 4.05. The van der Waals surface area contributed by atoms with Gasteiger partial charge in [0.15, 0.2) is 5.65 Å². The van der Waals surface area contributed by atoms with E-state index in [0.717, 1.165) is 42.9 Å². The molecule has 0 radical (unpaired) electrons. The number of piperidine rings is 1. The maximum absolute atomic E-state index is 4.61. The normalized spacial score (nSPS) is 20.1. The summed E-state index contributed by atoms with van der Waals surface area (Å²) in [6.45, 7) is 4.42. The fourth-order valence-electron chi connectivity index (χ4n) is 2.35. The number of aromatic amines is 1. The van der Waals surface area contributed by atoms with Gasteiger partial charge in [-0.3, -0.25) is 0 Å². The predicted octanol–water partition coefficient (Wildman–Crippen LogP) is 1.60. The molecule has 1 aliphatic heterocycles. The Hall–Kier alpha value is -1.42. The van der Waals surface area contributed by atoms with Crippen LogP contribution in [0.4, 0.5) is 0 Å². The smallest absolute Gasteiger partial charge is 0.177 e. The van der Waals surface area contributed by atoms with E-state index in [4.69, 9.17) is 0 Å². The quantitative estimate of drug-likeness (QED) is 0.761. The van der Waals surface area contributed by atoms with Crippen molar-refractivity contribution in [3.63, 3.8) is 0 Å². The van der Waals surface area contributed by atoms with E-state index in [0.29, 0.717) is 0 Å². The summed E-state index contributed by atoms with van der Waals surface area (Å²) in [5.74, 6) is 1.09. The van der Waals surface area contributed by atoms with Gasteiger partial charge in [-0.2, -0.15) is 0 Å². The summed E-state index contributed by atoms with van der Waals surface area (Å²) >= 11 is 0. The van der Waals surface area contributed by atoms with Gasteiger partial charge < -0.3 is 10.3 Å². The van der Waals surface area contributed by atoms with E-state index >= 15 is 0 Å². The lowest BCUT2D eigenvalue weighted by Crippen LogP contribution is -2.38. The van der Waals surface area contributed by atoms with Crippen molar-refractivity contribution in [2.45, 2.75) is 25.2 Å². The van der Waals surface area contributed by atoms with Crippen molar-refractivity contribution in [3.05, 3.63) is 24.2 Å². The lowest BCUT2D eigenvalue weighted by Gasteiger charge is -2.31. The Labute approximate surface area is 94.5 Å². The van der Waals surface area contributed by atoms with Crippen LogP contribution >= 0.6 is 0 Å². The Morgan fingerprint density at radius 1 is 1.31 bits per heavy atom. The number of rotatable bonds is 1. The number of imidazole rings is 1. The predicted molar refractivity (Wildman–Crippen MR) is 63.3 cm³/mol. The van der Waals surface area contributed by atoms with Gasteiger partial charge in [-0.25, -0.2) is 9.97 Å². The Bertz CT molecular complexity index is 463. The highest BCUT2D eigenvalue weighted by atomic mass is 15.0. The molecular weight excluding hydrogens is 200 g/mol. The van der Waals surface area contributed by atoms with Gasteiger partial charge in [0.2, 0.25) is 0 Å². The van der Waals surface area contributed by atoms with Gasteiger partial charge >= 0.3 is 0 Å². The number of pyridine rings is 1. The van der Waals surface area contributed by atoms with Crippen LogP contribution in [0.25, 0.3) is 11.2 Å². The fourth-order valence-corrected chi connectivity index (χ4v) is 2.35. The van der Waals surface area contributed by atoms with E-state index in [1.54, 1.807) is 6.20 Å². The molecule has 4 heteroatoms. The summed E-state index contributed by atoms with van der Waals surface area (Å²) in [5, 5.41) is 3.39. The molecule has 3 rings (SSSR count). The van der Waals surface area contributed by atoms with Crippen LogP contribution in [-0.4, -0.2) is 28.0 Å². The van der Waals surface area contributed by atoms with Gasteiger partial charge in [-0.1, -0.05) is 6.92 Å². The molecule has 4 nitrogen and oxygen atoms in total. The number of fused-ring (bicyclic) bond motifs is 1. The first-order valence-corrected chi connectivity index (χ1v) is 5.80. The van der Waals surface area contributed by atoms with Crippen molar-refractivity contribution in [2.75, 3.05) is 13.1 Å². The number of aromatic nitrogens is 3. The van der Waals surface area contributed by atoms with E-state index in [9.17, 15) is 0 Å². The Morgan fingerprint density at radius 2 is 2.12 bits per heavy atom. The van der Waals surface area contributed by atoms with E-state index < -0.39 is 0 Å². The number of nitrogens with zero attached hydrogens (tertiary/aromatic N) is 2. The standard InChI is InChI=1S/C12H16N4/c1-12(4-7-13-8-5-12)11-15-9-3-2-6-14-10(9)16-11/h2-3,6,13H,4-5,7-8H2,1H3,(H,14,15,16). The average molecular weight is 216 g/mol. The zero-order valence-electron chi connectivity index (χ0n) is 9.45. The van der Waals surface area contributed by atoms with Crippen LogP contribution in [0.1, 0.15) is 25.6 Å². The largest absolute Gasteiger partial charge is 0.340 e. The van der Waals surface area contributed by atoms with Crippen LogP contribution in [0, 0.1) is 0 Å². The summed E-state index contributed by atoms with van der Waals surface area (Å²) < 4.78 is 0. The third kappa shape index (κ3) is 1.50. The number of hydrogen-bond donors (Lipinski definition) is 2. The van der Waals surface area contributed by atoms with E-state index in [-0.39, 0.29) is 5.41 Å². The maximum atomic E-state index is 4.61. The van der Waals surface area contributed by atoms with Gasteiger partial charge in [0.1, 0.15) is 5.82 Å².